The number of hydrogen-bond acceptors (Lipinski definition) is 4. The van der Waals surface area contributed by atoms with Crippen LogP contribution in [0, 0.1) is 6.92 Å². The fourth-order valence-electron chi connectivity index (χ4n) is 3.73. The third kappa shape index (κ3) is 4.21. The van der Waals surface area contributed by atoms with Crippen LogP contribution in [0.3, 0.4) is 0 Å². The molecular formula is C26H23N3O3. The van der Waals surface area contributed by atoms with Crippen molar-refractivity contribution in [3.8, 4) is 34.0 Å². The van der Waals surface area contributed by atoms with E-state index in [0.29, 0.717) is 25.3 Å². The molecule has 5 rings (SSSR count). The number of nitrogens with zero attached hydrogens (tertiary/aromatic N) is 1. The standard InChI is InChI=1S/C26H23N3O3/c1-17-3-2-4-18(13-17)16-27-26(30)20-7-5-19(6-8-20)22-15-23(29-28-22)21-9-10-24-25(14-21)32-12-11-31-24/h2-10,13-15H,11-12,16H2,1H3,(H,27,30)(H,28,29). The Hall–Kier alpha value is -4.06. The van der Waals surface area contributed by atoms with Crippen molar-refractivity contribution in [3.05, 3.63) is 89.5 Å². The molecule has 6 nitrogen and oxygen atoms in total. The summed E-state index contributed by atoms with van der Waals surface area (Å²) >= 11 is 0. The van der Waals surface area contributed by atoms with Crippen LogP contribution in [0.15, 0.2) is 72.8 Å². The average molecular weight is 425 g/mol. The summed E-state index contributed by atoms with van der Waals surface area (Å²) in [5.74, 6) is 1.39. The number of nitrogens with one attached hydrogen (secondary N) is 2. The van der Waals surface area contributed by atoms with Crippen molar-refractivity contribution in [2.45, 2.75) is 13.5 Å². The number of carbonyl (C=O) groups is 1. The summed E-state index contributed by atoms with van der Waals surface area (Å²) in [5.41, 5.74) is 6.47. The number of rotatable bonds is 5. The van der Waals surface area contributed by atoms with E-state index in [1.165, 1.54) is 5.56 Å². The second-order valence-electron chi connectivity index (χ2n) is 7.77. The van der Waals surface area contributed by atoms with Gasteiger partial charge in [0.25, 0.3) is 5.91 Å². The minimum absolute atomic E-state index is 0.0976. The molecule has 0 atom stereocenters. The lowest BCUT2D eigenvalue weighted by Crippen LogP contribution is -2.22. The molecule has 0 radical (unpaired) electrons. The van der Waals surface area contributed by atoms with Crippen LogP contribution < -0.4 is 14.8 Å². The van der Waals surface area contributed by atoms with E-state index in [-0.39, 0.29) is 5.91 Å². The minimum atomic E-state index is -0.0976. The molecular weight excluding hydrogens is 402 g/mol. The van der Waals surface area contributed by atoms with Crippen molar-refractivity contribution in [2.75, 3.05) is 13.2 Å². The van der Waals surface area contributed by atoms with Gasteiger partial charge >= 0.3 is 0 Å². The molecule has 1 amide bonds. The van der Waals surface area contributed by atoms with Crippen LogP contribution in [0.2, 0.25) is 0 Å². The molecule has 4 aromatic rings. The number of carbonyl (C=O) groups excluding carboxylic acids is 1. The van der Waals surface area contributed by atoms with Gasteiger partial charge in [-0.25, -0.2) is 0 Å². The van der Waals surface area contributed by atoms with Crippen LogP contribution in [0.4, 0.5) is 0 Å². The highest BCUT2D eigenvalue weighted by atomic mass is 16.6. The first-order valence-electron chi connectivity index (χ1n) is 10.6. The highest BCUT2D eigenvalue weighted by molar-refractivity contribution is 5.94. The van der Waals surface area contributed by atoms with Gasteiger partial charge < -0.3 is 14.8 Å². The lowest BCUT2D eigenvalue weighted by Gasteiger charge is -2.18. The van der Waals surface area contributed by atoms with Gasteiger partial charge in [-0.3, -0.25) is 9.89 Å². The summed E-state index contributed by atoms with van der Waals surface area (Å²) in [5, 5.41) is 10.5. The number of ether oxygens (including phenoxy) is 2. The molecule has 0 saturated heterocycles. The zero-order valence-electron chi connectivity index (χ0n) is 17.7. The third-order valence-electron chi connectivity index (χ3n) is 5.41. The quantitative estimate of drug-likeness (QED) is 0.484. The predicted octanol–water partition coefficient (Wildman–Crippen LogP) is 4.75. The number of amides is 1. The van der Waals surface area contributed by atoms with E-state index >= 15 is 0 Å². The van der Waals surface area contributed by atoms with E-state index in [9.17, 15) is 4.79 Å². The summed E-state index contributed by atoms with van der Waals surface area (Å²) in [6, 6.07) is 23.4. The van der Waals surface area contributed by atoms with Crippen molar-refractivity contribution >= 4 is 5.91 Å². The molecule has 32 heavy (non-hydrogen) atoms. The number of aromatic amines is 1. The highest BCUT2D eigenvalue weighted by Gasteiger charge is 2.14. The van der Waals surface area contributed by atoms with E-state index in [0.717, 1.165) is 39.6 Å². The first-order valence-corrected chi connectivity index (χ1v) is 10.6. The normalized spacial score (nSPS) is 12.4. The van der Waals surface area contributed by atoms with Crippen LogP contribution in [0.25, 0.3) is 22.5 Å². The topological polar surface area (TPSA) is 76.2 Å². The van der Waals surface area contributed by atoms with E-state index in [1.54, 1.807) is 0 Å². The Bertz CT molecular complexity index is 1260. The molecule has 1 aliphatic heterocycles. The molecule has 6 heteroatoms. The minimum Gasteiger partial charge on any atom is -0.486 e. The van der Waals surface area contributed by atoms with Gasteiger partial charge in [-0.2, -0.15) is 5.10 Å². The van der Waals surface area contributed by atoms with Crippen molar-refractivity contribution < 1.29 is 14.3 Å². The molecule has 0 saturated carbocycles. The van der Waals surface area contributed by atoms with Crippen molar-refractivity contribution in [1.82, 2.24) is 15.5 Å². The maximum atomic E-state index is 12.5. The Balaban J connectivity index is 1.27. The third-order valence-corrected chi connectivity index (χ3v) is 5.41. The van der Waals surface area contributed by atoms with Gasteiger partial charge in [0, 0.05) is 17.7 Å². The maximum Gasteiger partial charge on any atom is 0.251 e. The number of fused-ring (bicyclic) bond motifs is 1. The fourth-order valence-corrected chi connectivity index (χ4v) is 3.73. The van der Waals surface area contributed by atoms with E-state index < -0.39 is 0 Å². The van der Waals surface area contributed by atoms with E-state index in [1.807, 2.05) is 73.7 Å². The molecule has 0 bridgehead atoms. The Labute approximate surface area is 186 Å². The number of aromatic nitrogens is 2. The molecule has 0 fully saturated rings. The van der Waals surface area contributed by atoms with Gasteiger partial charge in [-0.1, -0.05) is 42.0 Å². The summed E-state index contributed by atoms with van der Waals surface area (Å²) in [4.78, 5) is 12.5. The molecule has 0 spiro atoms. The van der Waals surface area contributed by atoms with Crippen molar-refractivity contribution in [1.29, 1.82) is 0 Å². The predicted molar refractivity (Wildman–Crippen MR) is 123 cm³/mol. The van der Waals surface area contributed by atoms with E-state index in [2.05, 4.69) is 21.6 Å². The molecule has 0 unspecified atom stereocenters. The lowest BCUT2D eigenvalue weighted by molar-refractivity contribution is 0.0951. The molecule has 160 valence electrons. The summed E-state index contributed by atoms with van der Waals surface area (Å²) in [6.45, 7) is 3.66. The lowest BCUT2D eigenvalue weighted by atomic mass is 10.1. The SMILES string of the molecule is Cc1cccc(CNC(=O)c2ccc(-c3cc(-c4ccc5c(c4)OCCO5)n[nH]3)cc2)c1. The highest BCUT2D eigenvalue weighted by Crippen LogP contribution is 2.34. The van der Waals surface area contributed by atoms with Crippen LogP contribution in [0.5, 0.6) is 11.5 Å². The van der Waals surface area contributed by atoms with Gasteiger partial charge in [-0.05, 0) is 54.4 Å². The smallest absolute Gasteiger partial charge is 0.251 e. The second-order valence-corrected chi connectivity index (χ2v) is 7.77. The first kappa shape index (κ1) is 19.9. The van der Waals surface area contributed by atoms with Crippen LogP contribution in [-0.4, -0.2) is 29.3 Å². The maximum absolute atomic E-state index is 12.5. The Morgan fingerprint density at radius 1 is 0.938 bits per heavy atom. The van der Waals surface area contributed by atoms with Gasteiger partial charge in [0.2, 0.25) is 0 Å². The zero-order chi connectivity index (χ0) is 21.9. The summed E-state index contributed by atoms with van der Waals surface area (Å²) < 4.78 is 11.2. The molecule has 0 aliphatic carbocycles. The summed E-state index contributed by atoms with van der Waals surface area (Å²) in [7, 11) is 0. The van der Waals surface area contributed by atoms with Crippen LogP contribution >= 0.6 is 0 Å². The largest absolute Gasteiger partial charge is 0.486 e. The Morgan fingerprint density at radius 3 is 2.53 bits per heavy atom. The van der Waals surface area contributed by atoms with Crippen LogP contribution in [0.1, 0.15) is 21.5 Å². The Kier molecular flexibility index (Phi) is 5.34. The van der Waals surface area contributed by atoms with Gasteiger partial charge in [-0.15, -0.1) is 0 Å². The zero-order valence-corrected chi connectivity index (χ0v) is 17.7. The van der Waals surface area contributed by atoms with Crippen molar-refractivity contribution in [3.63, 3.8) is 0 Å². The molecule has 3 aromatic carbocycles. The van der Waals surface area contributed by atoms with Gasteiger partial charge in [0.15, 0.2) is 11.5 Å². The molecule has 1 aromatic heterocycles. The average Bonchev–Trinajstić information content (AvgIpc) is 3.33. The van der Waals surface area contributed by atoms with E-state index in [4.69, 9.17) is 9.47 Å². The Morgan fingerprint density at radius 2 is 1.72 bits per heavy atom. The first-order chi connectivity index (χ1) is 15.7. The number of benzene rings is 3. The summed E-state index contributed by atoms with van der Waals surface area (Å²) in [6.07, 6.45) is 0. The van der Waals surface area contributed by atoms with Crippen molar-refractivity contribution in [2.24, 2.45) is 0 Å². The van der Waals surface area contributed by atoms with Gasteiger partial charge in [0.1, 0.15) is 13.2 Å². The van der Waals surface area contributed by atoms with Crippen LogP contribution in [-0.2, 0) is 6.54 Å². The van der Waals surface area contributed by atoms with Gasteiger partial charge in [0.05, 0.1) is 11.4 Å². The fraction of sp³-hybridized carbons (Fsp3) is 0.154. The number of H-pyrrole nitrogens is 1. The molecule has 1 aliphatic rings. The second kappa shape index (κ2) is 8.59. The number of aryl methyl sites for hydroxylation is 1. The monoisotopic (exact) mass is 425 g/mol. The molecule has 2 heterocycles. The molecule has 2 N–H and O–H groups in total. The number of hydrogen-bond donors (Lipinski definition) is 2.